The van der Waals surface area contributed by atoms with Crippen molar-refractivity contribution in [2.75, 3.05) is 5.32 Å². The molecular formula is C16H14ClN3O2. The van der Waals surface area contributed by atoms with Gasteiger partial charge in [0.25, 0.3) is 5.91 Å². The van der Waals surface area contributed by atoms with Gasteiger partial charge in [-0.05, 0) is 30.7 Å². The van der Waals surface area contributed by atoms with Gasteiger partial charge in [-0.1, -0.05) is 29.8 Å². The maximum atomic E-state index is 12.4. The molecule has 0 saturated heterocycles. The number of hydrogen-bond donors (Lipinski definition) is 1. The first-order valence-electron chi connectivity index (χ1n) is 6.88. The fourth-order valence-corrected chi connectivity index (χ4v) is 2.60. The summed E-state index contributed by atoms with van der Waals surface area (Å²) in [7, 11) is 0. The van der Waals surface area contributed by atoms with Gasteiger partial charge in [0, 0.05) is 18.3 Å². The van der Waals surface area contributed by atoms with Crippen LogP contribution in [-0.4, -0.2) is 27.7 Å². The standard InChI is InChI=1S/C16H14ClN3O2/c1-10(15(21)19-14-13(17)7-4-8-18-14)20-9-11-5-2-3-6-12(11)16(20)22/h2-8,10H,9H2,1H3,(H,18,19,21)/t10-/m1/s1. The Hall–Kier alpha value is -2.40. The number of amides is 2. The van der Waals surface area contributed by atoms with E-state index in [1.165, 1.54) is 4.90 Å². The molecule has 2 aromatic rings. The highest BCUT2D eigenvalue weighted by Crippen LogP contribution is 2.25. The summed E-state index contributed by atoms with van der Waals surface area (Å²) in [5.74, 6) is -0.155. The number of nitrogens with zero attached hydrogens (tertiary/aromatic N) is 2. The number of carbonyl (C=O) groups is 2. The molecule has 1 atom stereocenters. The molecule has 2 heterocycles. The second-order valence-electron chi connectivity index (χ2n) is 5.09. The summed E-state index contributed by atoms with van der Waals surface area (Å²) in [5, 5.41) is 3.02. The van der Waals surface area contributed by atoms with E-state index < -0.39 is 6.04 Å². The molecule has 1 aromatic carbocycles. The molecule has 1 N–H and O–H groups in total. The van der Waals surface area contributed by atoms with Crippen molar-refractivity contribution in [1.29, 1.82) is 0 Å². The summed E-state index contributed by atoms with van der Waals surface area (Å²) in [6.45, 7) is 2.12. The molecule has 6 heteroatoms. The van der Waals surface area contributed by atoms with Crippen LogP contribution in [0.2, 0.25) is 5.02 Å². The summed E-state index contributed by atoms with van der Waals surface area (Å²) in [4.78, 5) is 30.3. The zero-order valence-corrected chi connectivity index (χ0v) is 12.7. The van der Waals surface area contributed by atoms with Crippen LogP contribution in [-0.2, 0) is 11.3 Å². The van der Waals surface area contributed by atoms with Gasteiger partial charge < -0.3 is 10.2 Å². The molecule has 0 saturated carbocycles. The van der Waals surface area contributed by atoms with Crippen LogP contribution in [0.5, 0.6) is 0 Å². The SMILES string of the molecule is C[C@H](C(=O)Nc1ncccc1Cl)N1Cc2ccccc2C1=O. The second-order valence-corrected chi connectivity index (χ2v) is 5.50. The minimum Gasteiger partial charge on any atom is -0.323 e. The van der Waals surface area contributed by atoms with Gasteiger partial charge in [0.05, 0.1) is 5.02 Å². The number of rotatable bonds is 3. The predicted octanol–water partition coefficient (Wildman–Crippen LogP) is 2.72. The van der Waals surface area contributed by atoms with E-state index in [4.69, 9.17) is 11.6 Å². The lowest BCUT2D eigenvalue weighted by Gasteiger charge is -2.23. The second kappa shape index (κ2) is 5.77. The Balaban J connectivity index is 1.75. The van der Waals surface area contributed by atoms with Crippen LogP contribution in [0.4, 0.5) is 5.82 Å². The van der Waals surface area contributed by atoms with Gasteiger partial charge in [0.15, 0.2) is 5.82 Å². The van der Waals surface area contributed by atoms with Crippen molar-refractivity contribution in [2.24, 2.45) is 0 Å². The largest absolute Gasteiger partial charge is 0.323 e. The third-order valence-electron chi connectivity index (χ3n) is 3.70. The first kappa shape index (κ1) is 14.5. The van der Waals surface area contributed by atoms with Crippen molar-refractivity contribution in [1.82, 2.24) is 9.88 Å². The molecule has 0 spiro atoms. The number of hydrogen-bond acceptors (Lipinski definition) is 3. The van der Waals surface area contributed by atoms with Crippen LogP contribution in [0.25, 0.3) is 0 Å². The van der Waals surface area contributed by atoms with Crippen molar-refractivity contribution in [3.8, 4) is 0 Å². The van der Waals surface area contributed by atoms with Gasteiger partial charge in [-0.2, -0.15) is 0 Å². The van der Waals surface area contributed by atoms with Gasteiger partial charge >= 0.3 is 0 Å². The van der Waals surface area contributed by atoms with Gasteiger partial charge in [-0.3, -0.25) is 9.59 Å². The number of pyridine rings is 1. The van der Waals surface area contributed by atoms with E-state index in [1.54, 1.807) is 31.3 Å². The first-order chi connectivity index (χ1) is 10.6. The van der Waals surface area contributed by atoms with Gasteiger partial charge in [-0.25, -0.2) is 4.98 Å². The fraction of sp³-hybridized carbons (Fsp3) is 0.188. The summed E-state index contributed by atoms with van der Waals surface area (Å²) in [5.41, 5.74) is 1.58. The average Bonchev–Trinajstić information content (AvgIpc) is 2.86. The lowest BCUT2D eigenvalue weighted by molar-refractivity contribution is -0.120. The molecule has 0 aliphatic carbocycles. The van der Waals surface area contributed by atoms with Gasteiger partial charge in [0.2, 0.25) is 5.91 Å². The molecule has 2 amide bonds. The lowest BCUT2D eigenvalue weighted by Crippen LogP contribution is -2.42. The average molecular weight is 316 g/mol. The molecule has 0 fully saturated rings. The summed E-state index contributed by atoms with van der Waals surface area (Å²) < 4.78 is 0. The van der Waals surface area contributed by atoms with Crippen molar-refractivity contribution in [2.45, 2.75) is 19.5 Å². The Morgan fingerprint density at radius 2 is 2.09 bits per heavy atom. The summed E-state index contributed by atoms with van der Waals surface area (Å²) in [6, 6.07) is 10.1. The number of halogens is 1. The molecule has 0 radical (unpaired) electrons. The monoisotopic (exact) mass is 315 g/mol. The topological polar surface area (TPSA) is 62.3 Å². The minimum atomic E-state index is -0.613. The van der Waals surface area contributed by atoms with Gasteiger partial charge in [-0.15, -0.1) is 0 Å². The molecule has 5 nitrogen and oxygen atoms in total. The van der Waals surface area contributed by atoms with E-state index >= 15 is 0 Å². The maximum absolute atomic E-state index is 12.4. The van der Waals surface area contributed by atoms with Crippen LogP contribution in [0.3, 0.4) is 0 Å². The summed E-state index contributed by atoms with van der Waals surface area (Å²) >= 11 is 5.98. The summed E-state index contributed by atoms with van der Waals surface area (Å²) in [6.07, 6.45) is 1.54. The molecule has 3 rings (SSSR count). The lowest BCUT2D eigenvalue weighted by atomic mass is 10.1. The van der Waals surface area contributed by atoms with Crippen molar-refractivity contribution >= 4 is 29.2 Å². The highest BCUT2D eigenvalue weighted by Gasteiger charge is 2.33. The molecule has 0 unspecified atom stereocenters. The molecular weight excluding hydrogens is 302 g/mol. The van der Waals surface area contributed by atoms with Crippen molar-refractivity contribution < 1.29 is 9.59 Å². The molecule has 112 valence electrons. The Kier molecular flexibility index (Phi) is 3.81. The van der Waals surface area contributed by atoms with Crippen LogP contribution in [0, 0.1) is 0 Å². The third kappa shape index (κ3) is 2.55. The molecule has 0 bridgehead atoms. The van der Waals surface area contributed by atoms with E-state index in [1.807, 2.05) is 18.2 Å². The third-order valence-corrected chi connectivity index (χ3v) is 4.00. The number of nitrogens with one attached hydrogen (secondary N) is 1. The Labute approximate surface area is 132 Å². The van der Waals surface area contributed by atoms with Crippen LogP contribution in [0.1, 0.15) is 22.8 Å². The Morgan fingerprint density at radius 1 is 1.32 bits per heavy atom. The zero-order chi connectivity index (χ0) is 15.7. The predicted molar refractivity (Wildman–Crippen MR) is 83.7 cm³/mol. The van der Waals surface area contributed by atoms with Crippen LogP contribution in [0.15, 0.2) is 42.6 Å². The first-order valence-corrected chi connectivity index (χ1v) is 7.26. The Bertz CT molecular complexity index is 748. The molecule has 1 aromatic heterocycles. The van der Waals surface area contributed by atoms with Crippen LogP contribution < -0.4 is 5.32 Å². The molecule has 22 heavy (non-hydrogen) atoms. The minimum absolute atomic E-state index is 0.134. The molecule has 1 aliphatic rings. The molecule has 1 aliphatic heterocycles. The Morgan fingerprint density at radius 3 is 2.82 bits per heavy atom. The van der Waals surface area contributed by atoms with E-state index in [9.17, 15) is 9.59 Å². The number of benzene rings is 1. The van der Waals surface area contributed by atoms with Crippen molar-refractivity contribution in [3.05, 3.63) is 58.7 Å². The number of aromatic nitrogens is 1. The van der Waals surface area contributed by atoms with Gasteiger partial charge in [0.1, 0.15) is 6.04 Å². The highest BCUT2D eigenvalue weighted by molar-refractivity contribution is 6.33. The van der Waals surface area contributed by atoms with E-state index in [0.29, 0.717) is 22.9 Å². The van der Waals surface area contributed by atoms with E-state index in [2.05, 4.69) is 10.3 Å². The fourth-order valence-electron chi connectivity index (χ4n) is 2.43. The highest BCUT2D eigenvalue weighted by atomic mass is 35.5. The smallest absolute Gasteiger partial charge is 0.255 e. The van der Waals surface area contributed by atoms with E-state index in [-0.39, 0.29) is 11.8 Å². The normalized spacial score (nSPS) is 14.6. The maximum Gasteiger partial charge on any atom is 0.255 e. The number of fused-ring (bicyclic) bond motifs is 1. The zero-order valence-electron chi connectivity index (χ0n) is 11.9. The number of anilines is 1. The quantitative estimate of drug-likeness (QED) is 0.947. The number of carbonyl (C=O) groups excluding carboxylic acids is 2. The van der Waals surface area contributed by atoms with Crippen molar-refractivity contribution in [3.63, 3.8) is 0 Å². The van der Waals surface area contributed by atoms with Crippen LogP contribution >= 0.6 is 11.6 Å². The van der Waals surface area contributed by atoms with E-state index in [0.717, 1.165) is 5.56 Å².